The van der Waals surface area contributed by atoms with Crippen LogP contribution in [0.1, 0.15) is 90.1 Å². The highest BCUT2D eigenvalue weighted by molar-refractivity contribution is 6.33. The second-order valence-electron chi connectivity index (χ2n) is 15.1. The molecule has 3 heterocycles. The molecular formula is C37H40ClF5N8O3. The van der Waals surface area contributed by atoms with E-state index >= 15 is 4.39 Å². The van der Waals surface area contributed by atoms with E-state index in [4.69, 9.17) is 22.1 Å². The molecule has 2 aromatic carbocycles. The number of rotatable bonds is 14. The van der Waals surface area contributed by atoms with Crippen LogP contribution < -0.4 is 5.73 Å². The van der Waals surface area contributed by atoms with Crippen LogP contribution in [-0.2, 0) is 19.9 Å². The van der Waals surface area contributed by atoms with E-state index in [-0.39, 0.29) is 27.9 Å². The van der Waals surface area contributed by atoms with Crippen molar-refractivity contribution >= 4 is 29.4 Å². The van der Waals surface area contributed by atoms with Gasteiger partial charge in [0.25, 0.3) is 11.8 Å². The number of carbonyl (C=O) groups is 2. The fraction of sp³-hybridized carbons (Fsp3) is 0.459. The van der Waals surface area contributed by atoms with Crippen LogP contribution in [0.15, 0.2) is 66.2 Å². The summed E-state index contributed by atoms with van der Waals surface area (Å²) in [4.78, 5) is 37.5. The molecule has 0 spiro atoms. The highest BCUT2D eigenvalue weighted by atomic mass is 35.5. The number of benzene rings is 2. The summed E-state index contributed by atoms with van der Waals surface area (Å²) in [5, 5.41) is 8.01. The van der Waals surface area contributed by atoms with Crippen LogP contribution in [0.5, 0.6) is 0 Å². The summed E-state index contributed by atoms with van der Waals surface area (Å²) in [5.74, 6) is -5.67. The lowest BCUT2D eigenvalue weighted by molar-refractivity contribution is -0.157. The highest BCUT2D eigenvalue weighted by Crippen LogP contribution is 2.45. The Morgan fingerprint density at radius 1 is 1.04 bits per heavy atom. The number of halogens is 6. The minimum atomic E-state index is -3.24. The number of aliphatic imine (C=N–C) groups is 1. The molecule has 6 rings (SSSR count). The number of carbonyl (C=O) groups excluding carboxylic acids is 2. The molecule has 288 valence electrons. The molecule has 17 heteroatoms. The second-order valence-corrected chi connectivity index (χ2v) is 15.5. The van der Waals surface area contributed by atoms with E-state index in [1.54, 1.807) is 30.5 Å². The highest BCUT2D eigenvalue weighted by Gasteiger charge is 2.54. The van der Waals surface area contributed by atoms with Crippen molar-refractivity contribution in [1.29, 1.82) is 0 Å². The number of hydrogen-bond acceptors (Lipinski definition) is 8. The van der Waals surface area contributed by atoms with Crippen molar-refractivity contribution < 1.29 is 36.3 Å². The van der Waals surface area contributed by atoms with Gasteiger partial charge in [0.1, 0.15) is 18.6 Å². The molecule has 2 atom stereocenters. The van der Waals surface area contributed by atoms with Gasteiger partial charge in [0.15, 0.2) is 17.3 Å². The molecule has 1 aliphatic carbocycles. The van der Waals surface area contributed by atoms with Crippen molar-refractivity contribution in [3.05, 3.63) is 77.3 Å². The van der Waals surface area contributed by atoms with E-state index < -0.39 is 66.5 Å². The van der Waals surface area contributed by atoms with Crippen LogP contribution in [-0.4, -0.2) is 65.5 Å². The van der Waals surface area contributed by atoms with E-state index in [9.17, 15) is 27.2 Å². The number of nitrogens with zero attached hydrogens (tertiary/aromatic N) is 7. The summed E-state index contributed by atoms with van der Waals surface area (Å²) in [7, 11) is 0. The first-order chi connectivity index (χ1) is 25.2. The van der Waals surface area contributed by atoms with Crippen molar-refractivity contribution in [2.24, 2.45) is 16.1 Å². The first-order valence-corrected chi connectivity index (χ1v) is 17.6. The molecule has 1 aliphatic heterocycles. The minimum Gasteiger partial charge on any atom is -0.463 e. The number of nitrogens with two attached hydrogens (primary N) is 1. The van der Waals surface area contributed by atoms with Gasteiger partial charge in [-0.3, -0.25) is 19.2 Å². The monoisotopic (exact) mass is 774 g/mol. The maximum Gasteiger partial charge on any atom is 0.335 e. The van der Waals surface area contributed by atoms with Gasteiger partial charge >= 0.3 is 12.5 Å². The molecule has 0 saturated heterocycles. The number of esters is 1. The van der Waals surface area contributed by atoms with Gasteiger partial charge in [-0.1, -0.05) is 55.8 Å². The number of alkyl halides is 5. The molecule has 0 unspecified atom stereocenters. The van der Waals surface area contributed by atoms with E-state index in [0.29, 0.717) is 23.2 Å². The maximum absolute atomic E-state index is 15.7. The van der Waals surface area contributed by atoms with Crippen LogP contribution in [0.4, 0.5) is 22.0 Å². The zero-order valence-corrected chi connectivity index (χ0v) is 31.0. The Morgan fingerprint density at radius 3 is 2.33 bits per heavy atom. The number of amides is 1. The van der Waals surface area contributed by atoms with Crippen molar-refractivity contribution in [2.75, 3.05) is 6.61 Å². The second kappa shape index (κ2) is 14.1. The molecule has 1 saturated carbocycles. The molecule has 11 nitrogen and oxygen atoms in total. The molecule has 0 radical (unpaired) electrons. The summed E-state index contributed by atoms with van der Waals surface area (Å²) >= 11 is 6.45. The van der Waals surface area contributed by atoms with Crippen molar-refractivity contribution in [1.82, 2.24) is 29.4 Å². The zero-order valence-electron chi connectivity index (χ0n) is 30.2. The largest absolute Gasteiger partial charge is 0.463 e. The predicted molar refractivity (Wildman–Crippen MR) is 190 cm³/mol. The van der Waals surface area contributed by atoms with Crippen molar-refractivity contribution in [2.45, 2.75) is 96.1 Å². The molecular weight excluding hydrogens is 735 g/mol. The van der Waals surface area contributed by atoms with Gasteiger partial charge in [0.2, 0.25) is 0 Å². The number of aromatic nitrogens is 5. The van der Waals surface area contributed by atoms with Crippen molar-refractivity contribution in [3.8, 4) is 22.5 Å². The lowest BCUT2D eigenvalue weighted by Gasteiger charge is -2.34. The predicted octanol–water partition coefficient (Wildman–Crippen LogP) is 8.04. The molecule has 2 N–H and O–H groups in total. The summed E-state index contributed by atoms with van der Waals surface area (Å²) in [5.41, 5.74) is 3.03. The quantitative estimate of drug-likeness (QED) is 0.101. The number of hydrogen-bond donors (Lipinski definition) is 1. The van der Waals surface area contributed by atoms with Crippen LogP contribution in [0, 0.1) is 5.41 Å². The fourth-order valence-electron chi connectivity index (χ4n) is 6.45. The Balaban J connectivity index is 1.40. The Morgan fingerprint density at radius 2 is 1.72 bits per heavy atom. The lowest BCUT2D eigenvalue weighted by Crippen LogP contribution is -2.48. The average molecular weight is 775 g/mol. The van der Waals surface area contributed by atoms with Gasteiger partial charge in [-0.25, -0.2) is 23.1 Å². The van der Waals surface area contributed by atoms with Gasteiger partial charge in [0, 0.05) is 29.2 Å². The van der Waals surface area contributed by atoms with E-state index in [2.05, 4.69) is 20.2 Å². The molecule has 4 aromatic rings. The van der Waals surface area contributed by atoms with Gasteiger partial charge in [-0.05, 0) is 62.4 Å². The SMILES string of the molecule is CC(C)(F)C[C@]1(c2ccc(-c3cnn(C4CC4)c3)cc2)N=C(N)N([C@H](COC(=O)CC(C)(C)C(C)(F)F)c2ccc(Cl)c(-c3ncnn3C(F)F)c2)C1=O. The van der Waals surface area contributed by atoms with Crippen LogP contribution in [0.2, 0.25) is 5.02 Å². The standard InChI is InChI=1S/C37H40ClF5N8O3/c1-34(2,36(5,42)43)15-29(52)54-18-28(22-8-13-27(38)26(14-22)30-45-20-47-51(30)32(39)40)50-31(53)37(48-33(50)44,19-35(3,4)41)24-9-6-21(7-10-24)23-16-46-49(17-23)25-11-12-25/h6-10,13-14,16-17,20,25,28,32H,11-12,15,18-19H2,1-5H3,(H2,44,48)/t28-,37-/m1/s1. The fourth-order valence-corrected chi connectivity index (χ4v) is 6.65. The van der Waals surface area contributed by atoms with Gasteiger partial charge < -0.3 is 10.5 Å². The van der Waals surface area contributed by atoms with Gasteiger partial charge in [0.05, 0.1) is 29.7 Å². The maximum atomic E-state index is 15.7. The summed E-state index contributed by atoms with van der Waals surface area (Å²) < 4.78 is 79.8. The lowest BCUT2D eigenvalue weighted by atomic mass is 9.80. The Kier molecular flexibility index (Phi) is 10.1. The molecule has 2 aromatic heterocycles. The Bertz CT molecular complexity index is 2070. The first-order valence-electron chi connectivity index (χ1n) is 17.2. The van der Waals surface area contributed by atoms with E-state index in [0.717, 1.165) is 35.2 Å². The average Bonchev–Trinajstić information content (AvgIpc) is 3.49. The topological polar surface area (TPSA) is 134 Å². The van der Waals surface area contributed by atoms with Crippen molar-refractivity contribution in [3.63, 3.8) is 0 Å². The third kappa shape index (κ3) is 7.70. The van der Waals surface area contributed by atoms with Gasteiger partial charge in [-0.2, -0.15) is 23.7 Å². The van der Waals surface area contributed by atoms with E-state index in [1.165, 1.54) is 45.9 Å². The molecule has 1 amide bonds. The van der Waals surface area contributed by atoms with Gasteiger partial charge in [-0.15, -0.1) is 0 Å². The number of ether oxygens (including phenoxy) is 1. The van der Waals surface area contributed by atoms with Crippen LogP contribution in [0.3, 0.4) is 0 Å². The first kappa shape index (κ1) is 38.9. The van der Waals surface area contributed by atoms with Crippen LogP contribution in [0.25, 0.3) is 22.5 Å². The van der Waals surface area contributed by atoms with E-state index in [1.807, 2.05) is 10.9 Å². The minimum absolute atomic E-state index is 0.00185. The Hall–Kier alpha value is -4.86. The molecule has 54 heavy (non-hydrogen) atoms. The molecule has 2 aliphatic rings. The third-order valence-electron chi connectivity index (χ3n) is 9.88. The zero-order chi connectivity index (χ0) is 39.4. The summed E-state index contributed by atoms with van der Waals surface area (Å²) in [6.07, 6.45) is 5.58. The smallest absolute Gasteiger partial charge is 0.335 e. The third-order valence-corrected chi connectivity index (χ3v) is 10.2. The summed E-state index contributed by atoms with van der Waals surface area (Å²) in [6, 6.07) is 10.1. The normalized spacial score (nSPS) is 18.7. The summed E-state index contributed by atoms with van der Waals surface area (Å²) in [6.45, 7) is 2.00. The molecule has 0 bridgehead atoms. The number of guanidine groups is 1. The Labute approximate surface area is 313 Å². The van der Waals surface area contributed by atoms with Crippen LogP contribution >= 0.6 is 11.6 Å². The molecule has 1 fully saturated rings.